The van der Waals surface area contributed by atoms with Crippen molar-refractivity contribution in [2.24, 2.45) is 5.73 Å². The molecule has 2 amide bonds. The first-order valence-electron chi connectivity index (χ1n) is 9.33. The second kappa shape index (κ2) is 8.75. The lowest BCUT2D eigenvalue weighted by Crippen LogP contribution is -2.45. The van der Waals surface area contributed by atoms with Crippen molar-refractivity contribution < 1.29 is 27.5 Å². The summed E-state index contributed by atoms with van der Waals surface area (Å²) in [5, 5.41) is 6.62. The summed E-state index contributed by atoms with van der Waals surface area (Å²) < 4.78 is 47.0. The fourth-order valence-electron chi connectivity index (χ4n) is 3.48. The Morgan fingerprint density at radius 3 is 2.71 bits per heavy atom. The smallest absolute Gasteiger partial charge is 0.435 e. The van der Waals surface area contributed by atoms with Crippen molar-refractivity contribution in [1.29, 1.82) is 0 Å². The number of carbonyl (C=O) groups is 2. The maximum absolute atomic E-state index is 13.6. The summed E-state index contributed by atoms with van der Waals surface area (Å²) in [7, 11) is 1.41. The number of alkyl halides is 3. The van der Waals surface area contributed by atoms with Crippen LogP contribution >= 0.6 is 11.6 Å². The largest absolute Gasteiger partial charge is 0.495 e. The molecule has 0 fully saturated rings. The van der Waals surface area contributed by atoms with Gasteiger partial charge >= 0.3 is 6.18 Å². The van der Waals surface area contributed by atoms with Gasteiger partial charge in [-0.25, -0.2) is 0 Å². The zero-order valence-corrected chi connectivity index (χ0v) is 17.5. The number of carbonyl (C=O) groups excluding carboxylic acids is 2. The van der Waals surface area contributed by atoms with Crippen LogP contribution in [0.2, 0.25) is 5.02 Å². The lowest BCUT2D eigenvalue weighted by atomic mass is 10.0. The average molecular weight is 460 g/mol. The van der Waals surface area contributed by atoms with Crippen molar-refractivity contribution in [2.45, 2.75) is 38.7 Å². The number of nitrogens with zero attached hydrogens (tertiary/aromatic N) is 3. The Hall–Kier alpha value is -2.79. The van der Waals surface area contributed by atoms with Gasteiger partial charge in [-0.3, -0.25) is 19.2 Å². The second-order valence-corrected chi connectivity index (χ2v) is 7.56. The molecule has 3 N–H and O–H groups in total. The Kier molecular flexibility index (Phi) is 6.46. The van der Waals surface area contributed by atoms with Crippen molar-refractivity contribution in [3.05, 3.63) is 40.2 Å². The molecule has 1 aromatic heterocycles. The molecule has 2 aromatic rings. The Morgan fingerprint density at radius 1 is 1.39 bits per heavy atom. The number of hydrogen-bond donors (Lipinski definition) is 2. The van der Waals surface area contributed by atoms with Gasteiger partial charge in [0.2, 0.25) is 11.8 Å². The quantitative estimate of drug-likeness (QED) is 0.690. The molecule has 0 radical (unpaired) electrons. The normalized spacial score (nSPS) is 15.3. The lowest BCUT2D eigenvalue weighted by molar-refractivity contribution is -0.142. The summed E-state index contributed by atoms with van der Waals surface area (Å²) in [6.45, 7) is 1.28. The molecule has 1 aromatic carbocycles. The fourth-order valence-corrected chi connectivity index (χ4v) is 3.66. The second-order valence-electron chi connectivity index (χ2n) is 7.12. The highest BCUT2D eigenvalue weighted by molar-refractivity contribution is 6.31. The van der Waals surface area contributed by atoms with Crippen molar-refractivity contribution in [3.63, 3.8) is 0 Å². The topological polar surface area (TPSA) is 102 Å². The number of aromatic nitrogens is 2. The number of halogens is 4. The molecule has 2 heterocycles. The van der Waals surface area contributed by atoms with Gasteiger partial charge in [0, 0.05) is 35.8 Å². The number of nitrogens with two attached hydrogens (primary N) is 1. The van der Waals surface area contributed by atoms with Crippen LogP contribution in [0.3, 0.4) is 0 Å². The van der Waals surface area contributed by atoms with Crippen molar-refractivity contribution >= 4 is 29.1 Å². The molecule has 12 heteroatoms. The van der Waals surface area contributed by atoms with Gasteiger partial charge in [0.15, 0.2) is 5.69 Å². The zero-order valence-electron chi connectivity index (χ0n) is 16.8. The number of amides is 2. The van der Waals surface area contributed by atoms with Crippen LogP contribution in [-0.4, -0.2) is 46.2 Å². The molecule has 0 bridgehead atoms. The number of nitrogens with one attached hydrogen (secondary N) is 1. The lowest BCUT2D eigenvalue weighted by Gasteiger charge is -2.31. The molecule has 1 atom stereocenters. The third kappa shape index (κ3) is 4.93. The Bertz CT molecular complexity index is 1010. The van der Waals surface area contributed by atoms with Crippen LogP contribution in [-0.2, 0) is 35.3 Å². The molecular formula is C19H21ClF3N5O3. The molecule has 0 aliphatic carbocycles. The van der Waals surface area contributed by atoms with Crippen LogP contribution in [0.5, 0.6) is 5.75 Å². The summed E-state index contributed by atoms with van der Waals surface area (Å²) in [4.78, 5) is 25.6. The van der Waals surface area contributed by atoms with E-state index in [-0.39, 0.29) is 18.5 Å². The van der Waals surface area contributed by atoms with E-state index in [0.29, 0.717) is 28.7 Å². The summed E-state index contributed by atoms with van der Waals surface area (Å²) >= 11 is 5.94. The summed E-state index contributed by atoms with van der Waals surface area (Å²) in [5.41, 5.74) is 4.76. The molecule has 31 heavy (non-hydrogen) atoms. The maximum Gasteiger partial charge on any atom is 0.435 e. The number of hydrogen-bond acceptors (Lipinski definition) is 5. The third-order valence-electron chi connectivity index (χ3n) is 5.12. The number of rotatable bonds is 6. The Morgan fingerprint density at radius 2 is 2.10 bits per heavy atom. The van der Waals surface area contributed by atoms with Crippen LogP contribution < -0.4 is 15.8 Å². The van der Waals surface area contributed by atoms with E-state index < -0.39 is 36.3 Å². The van der Waals surface area contributed by atoms with Gasteiger partial charge in [-0.1, -0.05) is 11.6 Å². The minimum atomic E-state index is -4.71. The highest BCUT2D eigenvalue weighted by atomic mass is 35.5. The maximum atomic E-state index is 13.6. The third-order valence-corrected chi connectivity index (χ3v) is 5.36. The molecule has 1 aliphatic rings. The monoisotopic (exact) mass is 459 g/mol. The van der Waals surface area contributed by atoms with Crippen LogP contribution in [0.1, 0.15) is 23.9 Å². The summed E-state index contributed by atoms with van der Waals surface area (Å²) in [5.74, 6) is -0.862. The number of fused-ring (bicyclic) bond motifs is 1. The van der Waals surface area contributed by atoms with Crippen molar-refractivity contribution in [1.82, 2.24) is 14.7 Å². The zero-order chi connectivity index (χ0) is 22.9. The predicted molar refractivity (Wildman–Crippen MR) is 107 cm³/mol. The molecule has 8 nitrogen and oxygen atoms in total. The van der Waals surface area contributed by atoms with Gasteiger partial charge in [0.05, 0.1) is 18.8 Å². The molecule has 3 rings (SSSR count). The van der Waals surface area contributed by atoms with Crippen LogP contribution in [0.25, 0.3) is 0 Å². The minimum Gasteiger partial charge on any atom is -0.495 e. The number of primary amides is 1. The molecule has 168 valence electrons. The molecule has 0 spiro atoms. The van der Waals surface area contributed by atoms with E-state index in [2.05, 4.69) is 10.4 Å². The van der Waals surface area contributed by atoms with Crippen LogP contribution in [0.15, 0.2) is 18.2 Å². The van der Waals surface area contributed by atoms with Crippen LogP contribution in [0.4, 0.5) is 18.9 Å². The molecule has 1 unspecified atom stereocenters. The number of anilines is 1. The first kappa shape index (κ1) is 22.9. The highest BCUT2D eigenvalue weighted by Gasteiger charge is 2.41. The van der Waals surface area contributed by atoms with Gasteiger partial charge in [-0.2, -0.15) is 18.3 Å². The first-order chi connectivity index (χ1) is 14.5. The van der Waals surface area contributed by atoms with Crippen molar-refractivity contribution in [2.75, 3.05) is 19.0 Å². The molecule has 1 aliphatic heterocycles. The molecule has 0 saturated heterocycles. The van der Waals surface area contributed by atoms with E-state index in [4.69, 9.17) is 22.1 Å². The average Bonchev–Trinajstić information content (AvgIpc) is 3.05. The van der Waals surface area contributed by atoms with E-state index in [9.17, 15) is 22.8 Å². The fraction of sp³-hybridized carbons (Fsp3) is 0.421. The number of ether oxygens (including phenoxy) is 1. The van der Waals surface area contributed by atoms with Gasteiger partial charge in [0.25, 0.3) is 0 Å². The molecule has 0 saturated carbocycles. The van der Waals surface area contributed by atoms with E-state index in [1.54, 1.807) is 17.0 Å². The van der Waals surface area contributed by atoms with E-state index in [1.807, 2.05) is 0 Å². The molecular weight excluding hydrogens is 439 g/mol. The van der Waals surface area contributed by atoms with E-state index in [1.165, 1.54) is 20.1 Å². The van der Waals surface area contributed by atoms with Gasteiger partial charge in [-0.15, -0.1) is 0 Å². The van der Waals surface area contributed by atoms with Gasteiger partial charge < -0.3 is 15.8 Å². The number of benzene rings is 1. The first-order valence-corrected chi connectivity index (χ1v) is 9.71. The highest BCUT2D eigenvalue weighted by Crippen LogP contribution is 2.35. The van der Waals surface area contributed by atoms with Gasteiger partial charge in [-0.05, 0) is 25.1 Å². The number of methoxy groups -OCH3 is 1. The summed E-state index contributed by atoms with van der Waals surface area (Å²) in [6.07, 6.45) is -4.52. The Labute approximate surface area is 181 Å². The minimum absolute atomic E-state index is 0.0556. The van der Waals surface area contributed by atoms with Crippen molar-refractivity contribution in [3.8, 4) is 5.75 Å². The van der Waals surface area contributed by atoms with E-state index >= 15 is 0 Å². The van der Waals surface area contributed by atoms with Gasteiger partial charge in [0.1, 0.15) is 12.3 Å². The van der Waals surface area contributed by atoms with E-state index in [0.717, 1.165) is 4.68 Å². The van der Waals surface area contributed by atoms with Crippen LogP contribution in [0, 0.1) is 0 Å². The summed E-state index contributed by atoms with van der Waals surface area (Å²) in [6, 6.07) is 3.88. The Balaban J connectivity index is 1.87. The SMILES string of the molecule is COc1ccc(Cl)cc1NC(=O)Cn1nc(C(F)(F)F)c2c1CCN(C(C)C(N)=O)C2. The predicted octanol–water partition coefficient (Wildman–Crippen LogP) is 2.43. The standard InChI is InChI=1S/C19H21ClF3N5O3/c1-10(18(24)30)27-6-5-14-12(8-27)17(19(21,22)23)26-28(14)9-16(29)25-13-7-11(20)3-4-15(13)31-2/h3-4,7,10H,5-6,8-9H2,1-2H3,(H2,24,30)(H,25,29).